The molecule has 0 aromatic carbocycles. The van der Waals surface area contributed by atoms with Gasteiger partial charge < -0.3 is 9.47 Å². The van der Waals surface area contributed by atoms with Gasteiger partial charge in [-0.25, -0.2) is 15.0 Å². The Morgan fingerprint density at radius 1 is 1.12 bits per heavy atom. The highest BCUT2D eigenvalue weighted by atomic mass is 35.5. The summed E-state index contributed by atoms with van der Waals surface area (Å²) in [4.78, 5) is 24.4. The second kappa shape index (κ2) is 7.95. The van der Waals surface area contributed by atoms with E-state index < -0.39 is 0 Å². The van der Waals surface area contributed by atoms with Crippen LogP contribution in [0.4, 0.5) is 5.82 Å². The Kier molecular flexibility index (Phi) is 5.66. The Hall–Kier alpha value is -2.28. The van der Waals surface area contributed by atoms with Gasteiger partial charge in [0.1, 0.15) is 12.2 Å². The van der Waals surface area contributed by atoms with Crippen molar-refractivity contribution in [2.45, 2.75) is 53.1 Å². The monoisotopic (exact) mass is 373 g/mol. The number of hydrogen-bond donors (Lipinski definition) is 0. The number of aryl methyl sites for hydroxylation is 1. The van der Waals surface area contributed by atoms with Crippen molar-refractivity contribution in [3.8, 4) is 11.4 Å². The number of fused-ring (bicyclic) bond motifs is 1. The van der Waals surface area contributed by atoms with Crippen LogP contribution < -0.4 is 4.90 Å². The molecule has 0 bridgehead atoms. The summed E-state index contributed by atoms with van der Waals surface area (Å²) in [5.74, 6) is 1.57. The highest BCUT2D eigenvalue weighted by molar-refractivity contribution is 6.28. The summed E-state index contributed by atoms with van der Waals surface area (Å²) in [5.41, 5.74) is 2.36. The standard InChI is InChI=1S/C18H24ClN7/c1-5-8-26(12(4)6-2)17-14-16(23-18(19)24-17)25(7-3)15(22-14)13-9-20-11-21-10-13/h9-12H,5-8H2,1-4H3. The molecule has 0 spiro atoms. The molecule has 0 saturated carbocycles. The number of rotatable bonds is 7. The Morgan fingerprint density at radius 3 is 2.46 bits per heavy atom. The van der Waals surface area contributed by atoms with Gasteiger partial charge in [-0.05, 0) is 38.3 Å². The fraction of sp³-hybridized carbons (Fsp3) is 0.500. The first-order valence-corrected chi connectivity index (χ1v) is 9.44. The fourth-order valence-electron chi connectivity index (χ4n) is 3.09. The largest absolute Gasteiger partial charge is 0.352 e. The van der Waals surface area contributed by atoms with E-state index in [2.05, 4.69) is 52.5 Å². The zero-order valence-electron chi connectivity index (χ0n) is 15.6. The van der Waals surface area contributed by atoms with Crippen molar-refractivity contribution >= 4 is 28.6 Å². The molecule has 0 aliphatic rings. The number of imidazole rings is 1. The van der Waals surface area contributed by atoms with Crippen LogP contribution >= 0.6 is 11.6 Å². The number of aromatic nitrogens is 6. The van der Waals surface area contributed by atoms with E-state index in [1.807, 2.05) is 4.57 Å². The Morgan fingerprint density at radius 2 is 1.85 bits per heavy atom. The molecule has 8 heteroatoms. The van der Waals surface area contributed by atoms with Gasteiger partial charge in [0, 0.05) is 31.5 Å². The van der Waals surface area contributed by atoms with Gasteiger partial charge >= 0.3 is 0 Å². The molecule has 0 amide bonds. The zero-order chi connectivity index (χ0) is 18.7. The molecule has 3 aromatic heterocycles. The van der Waals surface area contributed by atoms with Crippen LogP contribution in [0.25, 0.3) is 22.6 Å². The third kappa shape index (κ3) is 3.35. The smallest absolute Gasteiger partial charge is 0.226 e. The Balaban J connectivity index is 2.26. The predicted molar refractivity (Wildman–Crippen MR) is 104 cm³/mol. The molecule has 0 radical (unpaired) electrons. The van der Waals surface area contributed by atoms with Crippen molar-refractivity contribution in [2.75, 3.05) is 11.4 Å². The zero-order valence-corrected chi connectivity index (χ0v) is 16.4. The maximum Gasteiger partial charge on any atom is 0.226 e. The maximum absolute atomic E-state index is 6.29. The van der Waals surface area contributed by atoms with Crippen LogP contribution in [0, 0.1) is 0 Å². The molecule has 138 valence electrons. The van der Waals surface area contributed by atoms with E-state index in [1.54, 1.807) is 12.4 Å². The lowest BCUT2D eigenvalue weighted by molar-refractivity contribution is 0.604. The molecular formula is C18H24ClN7. The molecule has 0 aliphatic carbocycles. The summed E-state index contributed by atoms with van der Waals surface area (Å²) in [6.07, 6.45) is 7.05. The van der Waals surface area contributed by atoms with Gasteiger partial charge in [-0.15, -0.1) is 0 Å². The maximum atomic E-state index is 6.29. The second-order valence-electron chi connectivity index (χ2n) is 6.25. The van der Waals surface area contributed by atoms with Gasteiger partial charge in [-0.1, -0.05) is 13.8 Å². The molecule has 0 aliphatic heterocycles. The lowest BCUT2D eigenvalue weighted by atomic mass is 10.2. The number of hydrogen-bond acceptors (Lipinski definition) is 6. The third-order valence-electron chi connectivity index (χ3n) is 4.54. The number of halogens is 1. The van der Waals surface area contributed by atoms with Gasteiger partial charge in [0.05, 0.1) is 5.56 Å². The molecule has 0 N–H and O–H groups in total. The van der Waals surface area contributed by atoms with Crippen molar-refractivity contribution < 1.29 is 0 Å². The minimum Gasteiger partial charge on any atom is -0.352 e. The molecule has 1 atom stereocenters. The summed E-state index contributed by atoms with van der Waals surface area (Å²) in [6.45, 7) is 10.2. The molecule has 26 heavy (non-hydrogen) atoms. The predicted octanol–water partition coefficient (Wildman–Crippen LogP) is 3.97. The van der Waals surface area contributed by atoms with Gasteiger partial charge in [0.2, 0.25) is 5.28 Å². The summed E-state index contributed by atoms with van der Waals surface area (Å²) in [6, 6.07) is 0.333. The first-order valence-electron chi connectivity index (χ1n) is 9.06. The van der Waals surface area contributed by atoms with E-state index in [-0.39, 0.29) is 5.28 Å². The van der Waals surface area contributed by atoms with E-state index >= 15 is 0 Å². The van der Waals surface area contributed by atoms with E-state index in [0.29, 0.717) is 12.6 Å². The summed E-state index contributed by atoms with van der Waals surface area (Å²) >= 11 is 6.29. The van der Waals surface area contributed by atoms with Crippen LogP contribution in [0.2, 0.25) is 5.28 Å². The minimum atomic E-state index is 0.238. The first-order chi connectivity index (χ1) is 12.6. The SMILES string of the molecule is CCCN(c1nc(Cl)nc2c1nc(-c1cncnc1)n2CC)C(C)CC. The minimum absolute atomic E-state index is 0.238. The molecule has 0 fully saturated rings. The molecule has 0 saturated heterocycles. The van der Waals surface area contributed by atoms with Crippen LogP contribution in [0.5, 0.6) is 0 Å². The van der Waals surface area contributed by atoms with E-state index in [4.69, 9.17) is 16.6 Å². The fourth-order valence-corrected chi connectivity index (χ4v) is 3.25. The number of anilines is 1. The van der Waals surface area contributed by atoms with Crippen LogP contribution in [-0.2, 0) is 6.54 Å². The van der Waals surface area contributed by atoms with Gasteiger partial charge in [-0.2, -0.15) is 9.97 Å². The topological polar surface area (TPSA) is 72.6 Å². The molecule has 3 heterocycles. The van der Waals surface area contributed by atoms with Crippen LogP contribution in [-0.4, -0.2) is 42.1 Å². The molecular weight excluding hydrogens is 350 g/mol. The van der Waals surface area contributed by atoms with Crippen molar-refractivity contribution in [3.05, 3.63) is 24.0 Å². The van der Waals surface area contributed by atoms with Gasteiger partial charge in [0.15, 0.2) is 17.0 Å². The van der Waals surface area contributed by atoms with Crippen LogP contribution in [0.1, 0.15) is 40.5 Å². The number of nitrogens with zero attached hydrogens (tertiary/aromatic N) is 7. The molecule has 1 unspecified atom stereocenters. The van der Waals surface area contributed by atoms with E-state index in [0.717, 1.165) is 47.8 Å². The Bertz CT molecular complexity index is 878. The summed E-state index contributed by atoms with van der Waals surface area (Å²) in [7, 11) is 0. The van der Waals surface area contributed by atoms with Crippen LogP contribution in [0.3, 0.4) is 0 Å². The van der Waals surface area contributed by atoms with Crippen LogP contribution in [0.15, 0.2) is 18.7 Å². The Labute approximate surface area is 158 Å². The average molecular weight is 374 g/mol. The van der Waals surface area contributed by atoms with E-state index in [1.165, 1.54) is 6.33 Å². The first kappa shape index (κ1) is 18.5. The van der Waals surface area contributed by atoms with Gasteiger partial charge in [-0.3, -0.25) is 0 Å². The van der Waals surface area contributed by atoms with Crippen molar-refractivity contribution in [2.24, 2.45) is 0 Å². The van der Waals surface area contributed by atoms with Crippen molar-refractivity contribution in [3.63, 3.8) is 0 Å². The molecule has 7 nitrogen and oxygen atoms in total. The summed E-state index contributed by atoms with van der Waals surface area (Å²) < 4.78 is 2.03. The highest BCUT2D eigenvalue weighted by Gasteiger charge is 2.23. The van der Waals surface area contributed by atoms with Crippen molar-refractivity contribution in [1.82, 2.24) is 29.5 Å². The summed E-state index contributed by atoms with van der Waals surface area (Å²) in [5, 5.41) is 0.238. The lowest BCUT2D eigenvalue weighted by Crippen LogP contribution is -2.34. The highest BCUT2D eigenvalue weighted by Crippen LogP contribution is 2.31. The average Bonchev–Trinajstić information content (AvgIpc) is 3.04. The van der Waals surface area contributed by atoms with Gasteiger partial charge in [0.25, 0.3) is 0 Å². The molecule has 3 rings (SSSR count). The third-order valence-corrected chi connectivity index (χ3v) is 4.71. The second-order valence-corrected chi connectivity index (χ2v) is 6.58. The van der Waals surface area contributed by atoms with E-state index in [9.17, 15) is 0 Å². The molecule has 3 aromatic rings. The van der Waals surface area contributed by atoms with Crippen molar-refractivity contribution in [1.29, 1.82) is 0 Å². The normalized spacial score (nSPS) is 12.5. The quantitative estimate of drug-likeness (QED) is 0.583. The lowest BCUT2D eigenvalue weighted by Gasteiger charge is -2.29.